The highest BCUT2D eigenvalue weighted by molar-refractivity contribution is 7.80. The SMILES string of the molecule is COc1cccc(CNC(=S)c2ccc(OCc3c(F)cccc3Cl)cc2)c1. The van der Waals surface area contributed by atoms with Gasteiger partial charge in [0.05, 0.1) is 12.1 Å². The van der Waals surface area contributed by atoms with E-state index < -0.39 is 0 Å². The van der Waals surface area contributed by atoms with Gasteiger partial charge in [0.15, 0.2) is 0 Å². The van der Waals surface area contributed by atoms with Crippen molar-refractivity contribution >= 4 is 28.8 Å². The number of nitrogens with one attached hydrogen (secondary N) is 1. The molecule has 0 aromatic heterocycles. The minimum atomic E-state index is -0.382. The van der Waals surface area contributed by atoms with Crippen molar-refractivity contribution < 1.29 is 13.9 Å². The summed E-state index contributed by atoms with van der Waals surface area (Å²) in [5, 5.41) is 3.57. The summed E-state index contributed by atoms with van der Waals surface area (Å²) >= 11 is 11.5. The monoisotopic (exact) mass is 415 g/mol. The van der Waals surface area contributed by atoms with Crippen molar-refractivity contribution in [3.05, 3.63) is 94.3 Å². The number of hydrogen-bond acceptors (Lipinski definition) is 3. The Morgan fingerprint density at radius 3 is 2.50 bits per heavy atom. The maximum Gasteiger partial charge on any atom is 0.131 e. The average molecular weight is 416 g/mol. The van der Waals surface area contributed by atoms with Gasteiger partial charge in [0.25, 0.3) is 0 Å². The van der Waals surface area contributed by atoms with Crippen molar-refractivity contribution in [1.82, 2.24) is 5.32 Å². The molecule has 0 radical (unpaired) electrons. The first-order chi connectivity index (χ1) is 13.6. The third-order valence-corrected chi connectivity index (χ3v) is 4.88. The van der Waals surface area contributed by atoms with Crippen LogP contribution in [0.2, 0.25) is 5.02 Å². The molecule has 28 heavy (non-hydrogen) atoms. The summed E-state index contributed by atoms with van der Waals surface area (Å²) in [5.74, 6) is 1.03. The number of hydrogen-bond donors (Lipinski definition) is 1. The number of thiocarbonyl (C=S) groups is 1. The molecule has 0 heterocycles. The molecule has 3 rings (SSSR count). The lowest BCUT2D eigenvalue weighted by Crippen LogP contribution is -2.21. The van der Waals surface area contributed by atoms with Gasteiger partial charge < -0.3 is 14.8 Å². The maximum atomic E-state index is 13.8. The smallest absolute Gasteiger partial charge is 0.131 e. The minimum Gasteiger partial charge on any atom is -0.497 e. The van der Waals surface area contributed by atoms with Crippen LogP contribution in [-0.4, -0.2) is 12.1 Å². The minimum absolute atomic E-state index is 0.0589. The van der Waals surface area contributed by atoms with Gasteiger partial charge in [-0.2, -0.15) is 0 Å². The summed E-state index contributed by atoms with van der Waals surface area (Å²) in [6.07, 6.45) is 0. The Balaban J connectivity index is 1.56. The first-order valence-corrected chi connectivity index (χ1v) is 9.42. The van der Waals surface area contributed by atoms with Crippen LogP contribution in [0.25, 0.3) is 0 Å². The fraction of sp³-hybridized carbons (Fsp3) is 0.136. The van der Waals surface area contributed by atoms with Gasteiger partial charge in [0.2, 0.25) is 0 Å². The van der Waals surface area contributed by atoms with E-state index in [2.05, 4.69) is 5.32 Å². The van der Waals surface area contributed by atoms with Gasteiger partial charge in [0, 0.05) is 17.7 Å². The van der Waals surface area contributed by atoms with Gasteiger partial charge in [-0.25, -0.2) is 4.39 Å². The molecular weight excluding hydrogens is 397 g/mol. The number of halogens is 2. The van der Waals surface area contributed by atoms with Crippen molar-refractivity contribution in [2.45, 2.75) is 13.2 Å². The lowest BCUT2D eigenvalue weighted by Gasteiger charge is -2.11. The highest BCUT2D eigenvalue weighted by atomic mass is 35.5. The highest BCUT2D eigenvalue weighted by Crippen LogP contribution is 2.22. The Labute approximate surface area is 174 Å². The van der Waals surface area contributed by atoms with E-state index in [-0.39, 0.29) is 12.4 Å². The van der Waals surface area contributed by atoms with Crippen molar-refractivity contribution in [1.29, 1.82) is 0 Å². The topological polar surface area (TPSA) is 30.5 Å². The highest BCUT2D eigenvalue weighted by Gasteiger charge is 2.08. The molecule has 0 saturated heterocycles. The Bertz CT molecular complexity index is 943. The zero-order chi connectivity index (χ0) is 19.9. The van der Waals surface area contributed by atoms with Crippen molar-refractivity contribution in [2.24, 2.45) is 0 Å². The number of ether oxygens (including phenoxy) is 2. The van der Waals surface area contributed by atoms with E-state index in [4.69, 9.17) is 33.3 Å². The molecule has 0 bridgehead atoms. The summed E-state index contributed by atoms with van der Waals surface area (Å²) in [5.41, 5.74) is 2.28. The lowest BCUT2D eigenvalue weighted by molar-refractivity contribution is 0.300. The van der Waals surface area contributed by atoms with Crippen molar-refractivity contribution in [2.75, 3.05) is 7.11 Å². The van der Waals surface area contributed by atoms with Gasteiger partial charge in [-0.05, 0) is 54.1 Å². The predicted molar refractivity (Wildman–Crippen MR) is 114 cm³/mol. The molecule has 1 N–H and O–H groups in total. The molecule has 0 aliphatic carbocycles. The number of rotatable bonds is 7. The Kier molecular flexibility index (Phi) is 6.85. The van der Waals surface area contributed by atoms with Crippen LogP contribution in [0.3, 0.4) is 0 Å². The molecule has 0 unspecified atom stereocenters. The standard InChI is InChI=1S/C22H19ClFNO2S/c1-26-18-5-2-4-15(12-18)13-25-22(28)16-8-10-17(11-9-16)27-14-19-20(23)6-3-7-21(19)24/h2-12H,13-14H2,1H3,(H,25,28). The molecule has 0 aliphatic rings. The van der Waals surface area contributed by atoms with Crippen LogP contribution in [0, 0.1) is 5.82 Å². The van der Waals surface area contributed by atoms with Crippen molar-refractivity contribution in [3.8, 4) is 11.5 Å². The summed E-state index contributed by atoms with van der Waals surface area (Å²) < 4.78 is 24.7. The largest absolute Gasteiger partial charge is 0.497 e. The molecule has 0 amide bonds. The van der Waals surface area contributed by atoms with Crippen LogP contribution in [0.4, 0.5) is 4.39 Å². The van der Waals surface area contributed by atoms with Crippen LogP contribution >= 0.6 is 23.8 Å². The van der Waals surface area contributed by atoms with Gasteiger partial charge in [-0.3, -0.25) is 0 Å². The van der Waals surface area contributed by atoms with Crippen LogP contribution in [0.5, 0.6) is 11.5 Å². The zero-order valence-corrected chi connectivity index (χ0v) is 16.8. The molecule has 0 spiro atoms. The van der Waals surface area contributed by atoms with E-state index in [0.717, 1.165) is 16.9 Å². The zero-order valence-electron chi connectivity index (χ0n) is 15.2. The first kappa shape index (κ1) is 20.1. The molecule has 0 aliphatic heterocycles. The molecular formula is C22H19ClFNO2S. The molecule has 6 heteroatoms. The Morgan fingerprint density at radius 1 is 1.04 bits per heavy atom. The van der Waals surface area contributed by atoms with E-state index in [0.29, 0.717) is 27.9 Å². The number of benzene rings is 3. The lowest BCUT2D eigenvalue weighted by atomic mass is 10.2. The molecule has 3 nitrogen and oxygen atoms in total. The van der Waals surface area contributed by atoms with Crippen LogP contribution in [0.15, 0.2) is 66.7 Å². The van der Waals surface area contributed by atoms with Gasteiger partial charge in [0.1, 0.15) is 28.9 Å². The van der Waals surface area contributed by atoms with Crippen LogP contribution < -0.4 is 14.8 Å². The second-order valence-electron chi connectivity index (χ2n) is 6.05. The summed E-state index contributed by atoms with van der Waals surface area (Å²) in [7, 11) is 1.64. The van der Waals surface area contributed by atoms with Gasteiger partial charge >= 0.3 is 0 Å². The second-order valence-corrected chi connectivity index (χ2v) is 6.86. The van der Waals surface area contributed by atoms with Gasteiger partial charge in [-0.1, -0.05) is 42.0 Å². The quantitative estimate of drug-likeness (QED) is 0.514. The molecule has 144 valence electrons. The Morgan fingerprint density at radius 2 is 1.79 bits per heavy atom. The molecule has 3 aromatic rings. The predicted octanol–water partition coefficient (Wildman–Crippen LogP) is 5.53. The summed E-state index contributed by atoms with van der Waals surface area (Å²) in [6, 6.07) is 19.7. The normalized spacial score (nSPS) is 10.4. The van der Waals surface area contributed by atoms with E-state index in [1.807, 2.05) is 36.4 Å². The average Bonchev–Trinajstić information content (AvgIpc) is 2.72. The number of methoxy groups -OCH3 is 1. The molecule has 0 fully saturated rings. The third-order valence-electron chi connectivity index (χ3n) is 4.15. The third kappa shape index (κ3) is 5.21. The fourth-order valence-electron chi connectivity index (χ4n) is 2.60. The summed E-state index contributed by atoms with van der Waals surface area (Å²) in [4.78, 5) is 0.631. The molecule has 3 aromatic carbocycles. The maximum absolute atomic E-state index is 13.8. The fourth-order valence-corrected chi connectivity index (χ4v) is 3.02. The van der Waals surface area contributed by atoms with Gasteiger partial charge in [-0.15, -0.1) is 0 Å². The Hall–Kier alpha value is -2.63. The van der Waals surface area contributed by atoms with E-state index in [1.165, 1.54) is 6.07 Å². The molecule has 0 atom stereocenters. The van der Waals surface area contributed by atoms with E-state index in [1.54, 1.807) is 31.4 Å². The van der Waals surface area contributed by atoms with Crippen LogP contribution in [-0.2, 0) is 13.2 Å². The second kappa shape index (κ2) is 9.53. The molecule has 0 saturated carbocycles. The summed E-state index contributed by atoms with van der Waals surface area (Å²) in [6.45, 7) is 0.656. The van der Waals surface area contributed by atoms with E-state index in [9.17, 15) is 4.39 Å². The van der Waals surface area contributed by atoms with E-state index >= 15 is 0 Å². The van der Waals surface area contributed by atoms with Crippen molar-refractivity contribution in [3.63, 3.8) is 0 Å². The van der Waals surface area contributed by atoms with Crippen LogP contribution in [0.1, 0.15) is 16.7 Å². The first-order valence-electron chi connectivity index (χ1n) is 8.63.